The third-order valence-electron chi connectivity index (χ3n) is 5.31. The van der Waals surface area contributed by atoms with Crippen molar-refractivity contribution in [2.24, 2.45) is 0 Å². The minimum Gasteiger partial charge on any atom is -0.494 e. The molecule has 2 aromatic rings. The van der Waals surface area contributed by atoms with Crippen LogP contribution < -0.4 is 14.2 Å². The second-order valence-electron chi connectivity index (χ2n) is 7.70. The van der Waals surface area contributed by atoms with Crippen LogP contribution in [0, 0.1) is 6.92 Å². The number of carbonyl (C=O) groups is 2. The summed E-state index contributed by atoms with van der Waals surface area (Å²) in [5.41, 5.74) is 1.19. The van der Waals surface area contributed by atoms with Gasteiger partial charge in [0, 0.05) is 32.6 Å². The molecule has 1 fully saturated rings. The second kappa shape index (κ2) is 12.0. The third-order valence-corrected chi connectivity index (χ3v) is 5.31. The van der Waals surface area contributed by atoms with Crippen LogP contribution in [-0.4, -0.2) is 67.6 Å². The van der Waals surface area contributed by atoms with Gasteiger partial charge in [-0.1, -0.05) is 29.8 Å². The van der Waals surface area contributed by atoms with Crippen molar-refractivity contribution in [1.29, 1.82) is 0 Å². The van der Waals surface area contributed by atoms with Crippen LogP contribution in [0.25, 0.3) is 0 Å². The molecule has 32 heavy (non-hydrogen) atoms. The third kappa shape index (κ3) is 6.90. The Kier molecular flexibility index (Phi) is 8.78. The van der Waals surface area contributed by atoms with Crippen molar-refractivity contribution in [3.8, 4) is 17.2 Å². The van der Waals surface area contributed by atoms with Gasteiger partial charge in [-0.2, -0.15) is 0 Å². The van der Waals surface area contributed by atoms with Gasteiger partial charge < -0.3 is 24.0 Å². The van der Waals surface area contributed by atoms with Crippen molar-refractivity contribution < 1.29 is 23.8 Å². The van der Waals surface area contributed by atoms with Gasteiger partial charge >= 0.3 is 0 Å². The highest BCUT2D eigenvalue weighted by Gasteiger charge is 2.24. The first kappa shape index (κ1) is 23.4. The number of ether oxygens (including phenoxy) is 3. The smallest absolute Gasteiger partial charge is 0.260 e. The number of hydrogen-bond donors (Lipinski definition) is 0. The van der Waals surface area contributed by atoms with Crippen molar-refractivity contribution in [2.45, 2.75) is 26.7 Å². The predicted octanol–water partition coefficient (Wildman–Crippen LogP) is 3.30. The van der Waals surface area contributed by atoms with Crippen LogP contribution in [0.2, 0.25) is 0 Å². The molecule has 1 aliphatic heterocycles. The molecular formula is C25H32N2O5. The van der Waals surface area contributed by atoms with E-state index < -0.39 is 0 Å². The van der Waals surface area contributed by atoms with E-state index in [0.717, 1.165) is 5.75 Å². The lowest BCUT2D eigenvalue weighted by Crippen LogP contribution is -2.51. The maximum Gasteiger partial charge on any atom is 0.260 e. The van der Waals surface area contributed by atoms with Crippen LogP contribution >= 0.6 is 0 Å². The Morgan fingerprint density at radius 1 is 0.812 bits per heavy atom. The molecule has 0 spiro atoms. The number of aryl methyl sites for hydroxylation is 1. The van der Waals surface area contributed by atoms with Crippen LogP contribution in [0.4, 0.5) is 0 Å². The van der Waals surface area contributed by atoms with E-state index in [1.165, 1.54) is 5.56 Å². The van der Waals surface area contributed by atoms with Crippen molar-refractivity contribution in [3.63, 3.8) is 0 Å². The van der Waals surface area contributed by atoms with Gasteiger partial charge in [0.25, 0.3) is 5.91 Å². The highest BCUT2D eigenvalue weighted by Crippen LogP contribution is 2.26. The Balaban J connectivity index is 1.34. The summed E-state index contributed by atoms with van der Waals surface area (Å²) in [6.07, 6.45) is 1.11. The lowest BCUT2D eigenvalue weighted by molar-refractivity contribution is -0.140. The summed E-state index contributed by atoms with van der Waals surface area (Å²) in [6.45, 7) is 7.04. The van der Waals surface area contributed by atoms with Gasteiger partial charge in [0.2, 0.25) is 5.91 Å². The molecule has 0 aliphatic carbocycles. The highest BCUT2D eigenvalue weighted by atomic mass is 16.5. The molecule has 2 aromatic carbocycles. The van der Waals surface area contributed by atoms with Gasteiger partial charge in [0.15, 0.2) is 18.1 Å². The van der Waals surface area contributed by atoms with Gasteiger partial charge in [-0.05, 0) is 44.5 Å². The molecule has 0 atom stereocenters. The van der Waals surface area contributed by atoms with Crippen molar-refractivity contribution in [3.05, 3.63) is 54.1 Å². The van der Waals surface area contributed by atoms with Gasteiger partial charge in [0.05, 0.1) is 13.2 Å². The Bertz CT molecular complexity index is 876. The SMILES string of the molecule is CCOc1ccccc1OCC(=O)N1CCN(C(=O)CCCOc2ccc(C)cc2)CC1. The topological polar surface area (TPSA) is 68.3 Å². The lowest BCUT2D eigenvalue weighted by atomic mass is 10.2. The van der Waals surface area contributed by atoms with E-state index in [9.17, 15) is 9.59 Å². The molecule has 0 radical (unpaired) electrons. The number of hydrogen-bond acceptors (Lipinski definition) is 5. The molecule has 0 aromatic heterocycles. The molecule has 7 heteroatoms. The minimum atomic E-state index is -0.0881. The zero-order valence-corrected chi connectivity index (χ0v) is 18.9. The minimum absolute atomic E-state index is 0.0472. The van der Waals surface area contributed by atoms with Gasteiger partial charge in [-0.25, -0.2) is 0 Å². The van der Waals surface area contributed by atoms with E-state index in [-0.39, 0.29) is 18.4 Å². The summed E-state index contributed by atoms with van der Waals surface area (Å²) in [7, 11) is 0. The Hall–Kier alpha value is -3.22. The zero-order valence-electron chi connectivity index (χ0n) is 18.9. The summed E-state index contributed by atoms with van der Waals surface area (Å²) < 4.78 is 16.9. The standard InChI is InChI=1S/C25H32N2O5/c1-3-30-22-7-4-5-8-23(22)32-19-25(29)27-16-14-26(15-17-27)24(28)9-6-18-31-21-12-10-20(2)11-13-21/h4-5,7-8,10-13H,3,6,9,14-19H2,1-2H3. The molecule has 3 rings (SSSR count). The van der Waals surface area contributed by atoms with E-state index in [1.54, 1.807) is 11.0 Å². The van der Waals surface area contributed by atoms with Crippen molar-refractivity contribution in [2.75, 3.05) is 46.0 Å². The Labute approximate surface area is 189 Å². The first-order valence-electron chi connectivity index (χ1n) is 11.2. The number of carbonyl (C=O) groups excluding carboxylic acids is 2. The summed E-state index contributed by atoms with van der Waals surface area (Å²) in [5, 5.41) is 0. The fraction of sp³-hybridized carbons (Fsp3) is 0.440. The molecule has 1 heterocycles. The van der Waals surface area contributed by atoms with Crippen LogP contribution in [0.3, 0.4) is 0 Å². The predicted molar refractivity (Wildman–Crippen MR) is 122 cm³/mol. The summed E-state index contributed by atoms with van der Waals surface area (Å²) in [4.78, 5) is 28.6. The number of para-hydroxylation sites is 2. The van der Waals surface area contributed by atoms with Crippen LogP contribution in [-0.2, 0) is 9.59 Å². The summed E-state index contributed by atoms with van der Waals surface area (Å²) in [6, 6.07) is 15.2. The number of rotatable bonds is 10. The number of piperazine rings is 1. The molecule has 2 amide bonds. The highest BCUT2D eigenvalue weighted by molar-refractivity contribution is 5.79. The lowest BCUT2D eigenvalue weighted by Gasteiger charge is -2.34. The average molecular weight is 441 g/mol. The van der Waals surface area contributed by atoms with Crippen LogP contribution in [0.5, 0.6) is 17.2 Å². The maximum absolute atomic E-state index is 12.5. The van der Waals surface area contributed by atoms with E-state index in [0.29, 0.717) is 63.7 Å². The number of nitrogens with zero attached hydrogens (tertiary/aromatic N) is 2. The quantitative estimate of drug-likeness (QED) is 0.531. The zero-order chi connectivity index (χ0) is 22.8. The Morgan fingerprint density at radius 2 is 1.41 bits per heavy atom. The van der Waals surface area contributed by atoms with E-state index in [4.69, 9.17) is 14.2 Å². The molecule has 1 aliphatic rings. The summed E-state index contributed by atoms with van der Waals surface area (Å²) >= 11 is 0. The van der Waals surface area contributed by atoms with Crippen LogP contribution in [0.1, 0.15) is 25.3 Å². The number of amides is 2. The molecular weight excluding hydrogens is 408 g/mol. The largest absolute Gasteiger partial charge is 0.494 e. The molecule has 0 unspecified atom stereocenters. The normalized spacial score (nSPS) is 13.6. The monoisotopic (exact) mass is 440 g/mol. The summed E-state index contributed by atoms with van der Waals surface area (Å²) in [5.74, 6) is 2.02. The van der Waals surface area contributed by atoms with E-state index in [2.05, 4.69) is 0 Å². The fourth-order valence-corrected chi connectivity index (χ4v) is 3.49. The Morgan fingerprint density at radius 3 is 2.03 bits per heavy atom. The molecule has 172 valence electrons. The van der Waals surface area contributed by atoms with Crippen molar-refractivity contribution in [1.82, 2.24) is 9.80 Å². The molecule has 0 N–H and O–H groups in total. The molecule has 1 saturated heterocycles. The number of benzene rings is 2. The molecule has 0 bridgehead atoms. The van der Waals surface area contributed by atoms with E-state index >= 15 is 0 Å². The molecule has 0 saturated carbocycles. The first-order chi connectivity index (χ1) is 15.6. The molecule has 7 nitrogen and oxygen atoms in total. The van der Waals surface area contributed by atoms with Gasteiger partial charge in [-0.15, -0.1) is 0 Å². The second-order valence-corrected chi connectivity index (χ2v) is 7.70. The van der Waals surface area contributed by atoms with Crippen LogP contribution in [0.15, 0.2) is 48.5 Å². The maximum atomic E-state index is 12.5. The fourth-order valence-electron chi connectivity index (χ4n) is 3.49. The van der Waals surface area contributed by atoms with Crippen molar-refractivity contribution >= 4 is 11.8 Å². The van der Waals surface area contributed by atoms with Gasteiger partial charge in [-0.3, -0.25) is 9.59 Å². The first-order valence-corrected chi connectivity index (χ1v) is 11.2. The van der Waals surface area contributed by atoms with Gasteiger partial charge in [0.1, 0.15) is 5.75 Å². The van der Waals surface area contributed by atoms with E-state index in [1.807, 2.05) is 61.2 Å². The average Bonchev–Trinajstić information content (AvgIpc) is 2.82.